The Balaban J connectivity index is 2.77. The number of amides is 1. The Hall–Kier alpha value is -2.89. The third-order valence-corrected chi connectivity index (χ3v) is 4.35. The van der Waals surface area contributed by atoms with E-state index in [9.17, 15) is 14.4 Å². The number of benzene rings is 1. The van der Waals surface area contributed by atoms with Crippen LogP contribution in [-0.4, -0.2) is 30.0 Å². The summed E-state index contributed by atoms with van der Waals surface area (Å²) in [6, 6.07) is 9.25. The zero-order valence-electron chi connectivity index (χ0n) is 18.9. The van der Waals surface area contributed by atoms with Crippen molar-refractivity contribution < 1.29 is 23.9 Å². The predicted molar refractivity (Wildman–Crippen MR) is 121 cm³/mol. The van der Waals surface area contributed by atoms with Crippen LogP contribution in [0.25, 0.3) is 0 Å². The first-order chi connectivity index (χ1) is 14.7. The van der Waals surface area contributed by atoms with Crippen molar-refractivity contribution in [1.29, 1.82) is 0 Å². The lowest BCUT2D eigenvalue weighted by atomic mass is 10.00. The molecule has 1 aromatic carbocycles. The van der Waals surface area contributed by atoms with Gasteiger partial charge >= 0.3 is 11.9 Å². The van der Waals surface area contributed by atoms with Crippen molar-refractivity contribution in [1.82, 2.24) is 5.32 Å². The van der Waals surface area contributed by atoms with Crippen molar-refractivity contribution in [3.63, 3.8) is 0 Å². The first kappa shape index (κ1) is 26.1. The Morgan fingerprint density at radius 1 is 1.06 bits per heavy atom. The highest BCUT2D eigenvalue weighted by atomic mass is 16.6. The molecule has 0 heterocycles. The van der Waals surface area contributed by atoms with E-state index in [0.717, 1.165) is 12.0 Å². The van der Waals surface area contributed by atoms with Gasteiger partial charge in [-0.3, -0.25) is 14.4 Å². The topological polar surface area (TPSA) is 81.7 Å². The van der Waals surface area contributed by atoms with E-state index in [1.807, 2.05) is 30.3 Å². The van der Waals surface area contributed by atoms with Crippen molar-refractivity contribution in [3.05, 3.63) is 61.2 Å². The van der Waals surface area contributed by atoms with E-state index in [4.69, 9.17) is 9.47 Å². The van der Waals surface area contributed by atoms with Crippen LogP contribution < -0.4 is 5.32 Å². The minimum atomic E-state index is -0.621. The molecule has 2 atom stereocenters. The van der Waals surface area contributed by atoms with Gasteiger partial charge in [-0.05, 0) is 45.6 Å². The number of esters is 2. The molecule has 0 aliphatic carbocycles. The van der Waals surface area contributed by atoms with E-state index in [1.54, 1.807) is 32.9 Å². The van der Waals surface area contributed by atoms with Crippen LogP contribution in [0.2, 0.25) is 0 Å². The van der Waals surface area contributed by atoms with Crippen molar-refractivity contribution >= 4 is 17.8 Å². The summed E-state index contributed by atoms with van der Waals surface area (Å²) in [5.41, 5.74) is 0.164. The fourth-order valence-corrected chi connectivity index (χ4v) is 2.91. The maximum absolute atomic E-state index is 12.7. The number of hydrogen-bond donors (Lipinski definition) is 1. The van der Waals surface area contributed by atoms with Crippen LogP contribution in [-0.2, 0) is 23.9 Å². The van der Waals surface area contributed by atoms with Gasteiger partial charge in [0.1, 0.15) is 11.7 Å². The van der Waals surface area contributed by atoms with Gasteiger partial charge in [0.25, 0.3) is 0 Å². The molecule has 1 aromatic rings. The van der Waals surface area contributed by atoms with Gasteiger partial charge in [-0.2, -0.15) is 0 Å². The number of ether oxygens (including phenoxy) is 2. The molecule has 1 unspecified atom stereocenters. The van der Waals surface area contributed by atoms with E-state index in [2.05, 4.69) is 18.5 Å². The zero-order valence-corrected chi connectivity index (χ0v) is 18.9. The second-order valence-electron chi connectivity index (χ2n) is 8.33. The molecule has 0 radical (unpaired) electrons. The first-order valence-electron chi connectivity index (χ1n) is 10.6. The SMILES string of the molecule is C=CCCCC(=O)O[C@H](CNC(=O)C(CC=C)CC(=O)OC(C)(C)C)c1ccccc1. The molecule has 0 saturated carbocycles. The molecule has 0 fully saturated rings. The molecule has 0 saturated heterocycles. The molecule has 0 aliphatic heterocycles. The van der Waals surface area contributed by atoms with Gasteiger partial charge in [-0.1, -0.05) is 42.5 Å². The average molecular weight is 430 g/mol. The predicted octanol–water partition coefficient (Wildman–Crippen LogP) is 4.67. The largest absolute Gasteiger partial charge is 0.460 e. The Bertz CT molecular complexity index is 736. The first-order valence-corrected chi connectivity index (χ1v) is 10.6. The van der Waals surface area contributed by atoms with Crippen LogP contribution in [0.5, 0.6) is 0 Å². The summed E-state index contributed by atoms with van der Waals surface area (Å²) in [4.78, 5) is 37.1. The smallest absolute Gasteiger partial charge is 0.307 e. The second kappa shape index (κ2) is 13.4. The third kappa shape index (κ3) is 11.2. The van der Waals surface area contributed by atoms with Crippen LogP contribution in [0.3, 0.4) is 0 Å². The monoisotopic (exact) mass is 429 g/mol. The molecule has 1 rings (SSSR count). The van der Waals surface area contributed by atoms with Crippen molar-refractivity contribution in [3.8, 4) is 0 Å². The van der Waals surface area contributed by atoms with E-state index >= 15 is 0 Å². The molecule has 0 aromatic heterocycles. The minimum Gasteiger partial charge on any atom is -0.460 e. The van der Waals surface area contributed by atoms with E-state index in [1.165, 1.54) is 0 Å². The van der Waals surface area contributed by atoms with Crippen molar-refractivity contribution in [2.24, 2.45) is 5.92 Å². The molecule has 0 aliphatic rings. The highest BCUT2D eigenvalue weighted by Crippen LogP contribution is 2.19. The normalized spacial score (nSPS) is 12.9. The van der Waals surface area contributed by atoms with Gasteiger partial charge in [-0.15, -0.1) is 13.2 Å². The molecule has 6 heteroatoms. The minimum absolute atomic E-state index is 0.0491. The summed E-state index contributed by atoms with van der Waals surface area (Å²) in [5, 5.41) is 2.82. The van der Waals surface area contributed by atoms with Gasteiger partial charge in [0.2, 0.25) is 5.91 Å². The summed E-state index contributed by atoms with van der Waals surface area (Å²) in [7, 11) is 0. The maximum atomic E-state index is 12.7. The van der Waals surface area contributed by atoms with Gasteiger partial charge in [0.05, 0.1) is 18.9 Å². The number of unbranched alkanes of at least 4 members (excludes halogenated alkanes) is 1. The molecule has 0 bridgehead atoms. The fraction of sp³-hybridized carbons (Fsp3) is 0.480. The number of allylic oxidation sites excluding steroid dienone is 2. The van der Waals surface area contributed by atoms with E-state index in [0.29, 0.717) is 12.8 Å². The summed E-state index contributed by atoms with van der Waals surface area (Å²) >= 11 is 0. The Kier molecular flexibility index (Phi) is 11.3. The fourth-order valence-electron chi connectivity index (χ4n) is 2.91. The molecular weight excluding hydrogens is 394 g/mol. The summed E-state index contributed by atoms with van der Waals surface area (Å²) < 4.78 is 10.9. The average Bonchev–Trinajstić information content (AvgIpc) is 2.70. The number of nitrogens with one attached hydrogen (secondary N) is 1. The zero-order chi connectivity index (χ0) is 23.3. The lowest BCUT2D eigenvalue weighted by Crippen LogP contribution is -2.36. The van der Waals surface area contributed by atoms with Crippen molar-refractivity contribution in [2.45, 2.75) is 64.6 Å². The molecular formula is C25H35NO5. The van der Waals surface area contributed by atoms with Crippen LogP contribution in [0, 0.1) is 5.92 Å². The van der Waals surface area contributed by atoms with E-state index in [-0.39, 0.29) is 31.3 Å². The highest BCUT2D eigenvalue weighted by molar-refractivity contribution is 5.84. The lowest BCUT2D eigenvalue weighted by Gasteiger charge is -2.23. The molecule has 0 spiro atoms. The summed E-state index contributed by atoms with van der Waals surface area (Å²) in [5.74, 6) is -1.69. The molecule has 170 valence electrons. The molecule has 6 nitrogen and oxygen atoms in total. The van der Waals surface area contributed by atoms with Gasteiger partial charge < -0.3 is 14.8 Å². The maximum Gasteiger partial charge on any atom is 0.307 e. The van der Waals surface area contributed by atoms with Crippen molar-refractivity contribution in [2.75, 3.05) is 6.54 Å². The van der Waals surface area contributed by atoms with Crippen LogP contribution >= 0.6 is 0 Å². The van der Waals surface area contributed by atoms with Crippen LogP contribution in [0.15, 0.2) is 55.6 Å². The highest BCUT2D eigenvalue weighted by Gasteiger charge is 2.26. The standard InChI is InChI=1S/C25H35NO5/c1-6-8-10-16-22(27)30-21(19-14-11-9-12-15-19)18-26-24(29)20(13-7-2)17-23(28)31-25(3,4)5/h6-7,9,11-12,14-15,20-21H,1-2,8,10,13,16-18H2,3-5H3,(H,26,29)/t20?,21-/m1/s1. The molecule has 31 heavy (non-hydrogen) atoms. The van der Waals surface area contributed by atoms with E-state index < -0.39 is 23.6 Å². The van der Waals surface area contributed by atoms with Gasteiger partial charge in [-0.25, -0.2) is 0 Å². The number of hydrogen-bond acceptors (Lipinski definition) is 5. The lowest BCUT2D eigenvalue weighted by molar-refractivity contribution is -0.157. The molecule has 1 amide bonds. The van der Waals surface area contributed by atoms with Gasteiger partial charge in [0, 0.05) is 6.42 Å². The Labute approximate surface area is 185 Å². The van der Waals surface area contributed by atoms with Crippen LogP contribution in [0.4, 0.5) is 0 Å². The summed E-state index contributed by atoms with van der Waals surface area (Å²) in [6.45, 7) is 12.8. The Morgan fingerprint density at radius 2 is 1.74 bits per heavy atom. The second-order valence-corrected chi connectivity index (χ2v) is 8.33. The number of carbonyl (C=O) groups is 3. The Morgan fingerprint density at radius 3 is 2.32 bits per heavy atom. The third-order valence-electron chi connectivity index (χ3n) is 4.35. The summed E-state index contributed by atoms with van der Waals surface area (Å²) in [6.07, 6.45) is 4.70. The number of rotatable bonds is 13. The van der Waals surface area contributed by atoms with Gasteiger partial charge in [0.15, 0.2) is 0 Å². The van der Waals surface area contributed by atoms with Crippen LogP contribution in [0.1, 0.15) is 64.5 Å². The number of carbonyl (C=O) groups excluding carboxylic acids is 3. The molecule has 1 N–H and O–H groups in total. The quantitative estimate of drug-likeness (QED) is 0.280.